The largest absolute Gasteiger partial charge is 0.370 e. The van der Waals surface area contributed by atoms with Gasteiger partial charge in [0.15, 0.2) is 0 Å². The Hall–Kier alpha value is -2.30. The molecule has 0 amide bonds. The van der Waals surface area contributed by atoms with Gasteiger partial charge in [0.1, 0.15) is 18.0 Å². The van der Waals surface area contributed by atoms with Crippen molar-refractivity contribution in [2.24, 2.45) is 0 Å². The summed E-state index contributed by atoms with van der Waals surface area (Å²) < 4.78 is 0. The van der Waals surface area contributed by atoms with Gasteiger partial charge in [-0.1, -0.05) is 38.0 Å². The highest BCUT2D eigenvalue weighted by Crippen LogP contribution is 2.20. The predicted molar refractivity (Wildman–Crippen MR) is 101 cm³/mol. The minimum atomic E-state index is 0.932. The van der Waals surface area contributed by atoms with Crippen LogP contribution in [-0.2, 0) is 0 Å². The zero-order valence-electron chi connectivity index (χ0n) is 14.5. The number of rotatable bonds is 7. The zero-order chi connectivity index (χ0) is 16.6. The normalized spacial score (nSPS) is 14.7. The van der Waals surface area contributed by atoms with Crippen LogP contribution >= 0.6 is 0 Å². The first-order chi connectivity index (χ1) is 11.9. The van der Waals surface area contributed by atoms with Gasteiger partial charge in [-0.3, -0.25) is 0 Å². The molecule has 2 aromatic rings. The first-order valence-electron chi connectivity index (χ1n) is 8.97. The molecule has 0 spiro atoms. The van der Waals surface area contributed by atoms with Crippen molar-refractivity contribution in [2.75, 3.05) is 47.8 Å². The molecule has 0 unspecified atom stereocenters. The quantitative estimate of drug-likeness (QED) is 0.790. The summed E-state index contributed by atoms with van der Waals surface area (Å²) in [5.41, 5.74) is 1.30. The van der Waals surface area contributed by atoms with E-state index in [9.17, 15) is 0 Å². The van der Waals surface area contributed by atoms with E-state index in [1.807, 2.05) is 0 Å². The molecule has 2 heterocycles. The highest BCUT2D eigenvalue weighted by atomic mass is 15.3. The number of anilines is 3. The molecule has 1 aromatic carbocycles. The fourth-order valence-electron chi connectivity index (χ4n) is 3.04. The standard InChI is InChI=1S/C19H27N5/c1-2-3-7-10-20-18-15-19(22-16-21-18)24-13-11-23(12-14-24)17-8-5-4-6-9-17/h4-6,8-9,15-16H,2-3,7,10-14H2,1H3,(H,20,21,22). The van der Waals surface area contributed by atoms with Crippen molar-refractivity contribution in [2.45, 2.75) is 26.2 Å². The molecule has 128 valence electrons. The molecule has 1 aromatic heterocycles. The minimum Gasteiger partial charge on any atom is -0.370 e. The fraction of sp³-hybridized carbons (Fsp3) is 0.474. The van der Waals surface area contributed by atoms with Crippen molar-refractivity contribution < 1.29 is 0 Å². The molecule has 0 bridgehead atoms. The maximum atomic E-state index is 4.46. The summed E-state index contributed by atoms with van der Waals surface area (Å²) in [7, 11) is 0. The Balaban J connectivity index is 1.54. The van der Waals surface area contributed by atoms with Gasteiger partial charge in [-0.2, -0.15) is 0 Å². The molecule has 1 aliphatic rings. The van der Waals surface area contributed by atoms with Crippen LogP contribution in [0.3, 0.4) is 0 Å². The van der Waals surface area contributed by atoms with E-state index in [-0.39, 0.29) is 0 Å². The minimum absolute atomic E-state index is 0.932. The van der Waals surface area contributed by atoms with E-state index >= 15 is 0 Å². The van der Waals surface area contributed by atoms with E-state index in [2.05, 4.69) is 68.4 Å². The monoisotopic (exact) mass is 325 g/mol. The Bertz CT molecular complexity index is 608. The molecule has 5 nitrogen and oxygen atoms in total. The van der Waals surface area contributed by atoms with Gasteiger partial charge in [-0.05, 0) is 18.6 Å². The molecule has 1 N–H and O–H groups in total. The number of hydrogen-bond acceptors (Lipinski definition) is 5. The third kappa shape index (κ3) is 4.37. The molecule has 3 rings (SSSR count). The molecule has 24 heavy (non-hydrogen) atoms. The lowest BCUT2D eigenvalue weighted by Crippen LogP contribution is -2.46. The first-order valence-corrected chi connectivity index (χ1v) is 8.97. The highest BCUT2D eigenvalue weighted by Gasteiger charge is 2.18. The van der Waals surface area contributed by atoms with Crippen LogP contribution in [0.15, 0.2) is 42.7 Å². The van der Waals surface area contributed by atoms with Crippen molar-refractivity contribution in [3.63, 3.8) is 0 Å². The molecule has 1 fully saturated rings. The van der Waals surface area contributed by atoms with Crippen LogP contribution in [-0.4, -0.2) is 42.7 Å². The lowest BCUT2D eigenvalue weighted by Gasteiger charge is -2.36. The third-order valence-corrected chi connectivity index (χ3v) is 4.46. The summed E-state index contributed by atoms with van der Waals surface area (Å²) in [6.45, 7) is 7.22. The summed E-state index contributed by atoms with van der Waals surface area (Å²) in [6, 6.07) is 12.7. The molecule has 1 saturated heterocycles. The van der Waals surface area contributed by atoms with E-state index in [1.54, 1.807) is 6.33 Å². The number of unbranched alkanes of at least 4 members (excludes halogenated alkanes) is 2. The van der Waals surface area contributed by atoms with Crippen LogP contribution < -0.4 is 15.1 Å². The van der Waals surface area contributed by atoms with E-state index in [4.69, 9.17) is 0 Å². The highest BCUT2D eigenvalue weighted by molar-refractivity contribution is 5.52. The summed E-state index contributed by atoms with van der Waals surface area (Å²) in [5, 5.41) is 3.41. The van der Waals surface area contributed by atoms with Crippen LogP contribution in [0.5, 0.6) is 0 Å². The maximum absolute atomic E-state index is 4.46. The van der Waals surface area contributed by atoms with E-state index in [1.165, 1.54) is 24.9 Å². The van der Waals surface area contributed by atoms with Gasteiger partial charge < -0.3 is 15.1 Å². The average Bonchev–Trinajstić information content (AvgIpc) is 2.66. The van der Waals surface area contributed by atoms with E-state index < -0.39 is 0 Å². The number of para-hydroxylation sites is 1. The molecule has 0 saturated carbocycles. The second-order valence-electron chi connectivity index (χ2n) is 6.20. The molecule has 0 atom stereocenters. The maximum Gasteiger partial charge on any atom is 0.134 e. The number of nitrogens with one attached hydrogen (secondary N) is 1. The van der Waals surface area contributed by atoms with Gasteiger partial charge in [-0.25, -0.2) is 9.97 Å². The molecule has 5 heteroatoms. The fourth-order valence-corrected chi connectivity index (χ4v) is 3.04. The molecule has 1 aliphatic heterocycles. The van der Waals surface area contributed by atoms with Crippen LogP contribution in [0.25, 0.3) is 0 Å². The van der Waals surface area contributed by atoms with Crippen molar-refractivity contribution in [3.05, 3.63) is 42.7 Å². The summed E-state index contributed by atoms with van der Waals surface area (Å²) in [6.07, 6.45) is 5.35. The molecule has 0 radical (unpaired) electrons. The Labute approximate surface area is 144 Å². The van der Waals surface area contributed by atoms with Gasteiger partial charge in [0.05, 0.1) is 0 Å². The van der Waals surface area contributed by atoms with Crippen LogP contribution in [0.4, 0.5) is 17.3 Å². The Morgan fingerprint density at radius 3 is 2.46 bits per heavy atom. The van der Waals surface area contributed by atoms with Gasteiger partial charge in [0.25, 0.3) is 0 Å². The zero-order valence-corrected chi connectivity index (χ0v) is 14.5. The SMILES string of the molecule is CCCCCNc1cc(N2CCN(c3ccccc3)CC2)ncn1. The van der Waals surface area contributed by atoms with Gasteiger partial charge in [-0.15, -0.1) is 0 Å². The van der Waals surface area contributed by atoms with Crippen molar-refractivity contribution in [1.82, 2.24) is 9.97 Å². The van der Waals surface area contributed by atoms with Crippen LogP contribution in [0.2, 0.25) is 0 Å². The predicted octanol–water partition coefficient (Wildman–Crippen LogP) is 3.41. The number of hydrogen-bond donors (Lipinski definition) is 1. The summed E-state index contributed by atoms with van der Waals surface area (Å²) in [5.74, 6) is 1.96. The first kappa shape index (κ1) is 16.6. The number of piperazine rings is 1. The van der Waals surface area contributed by atoms with Crippen LogP contribution in [0, 0.1) is 0 Å². The van der Waals surface area contributed by atoms with Gasteiger partial charge in [0, 0.05) is 44.5 Å². The van der Waals surface area contributed by atoms with Crippen LogP contribution in [0.1, 0.15) is 26.2 Å². The molecule has 0 aliphatic carbocycles. The van der Waals surface area contributed by atoms with E-state index in [0.29, 0.717) is 0 Å². The van der Waals surface area contributed by atoms with Crippen molar-refractivity contribution in [3.8, 4) is 0 Å². The Kier molecular flexibility index (Phi) is 5.88. The number of aromatic nitrogens is 2. The molecular formula is C19H27N5. The lowest BCUT2D eigenvalue weighted by atomic mass is 10.2. The average molecular weight is 325 g/mol. The van der Waals surface area contributed by atoms with Gasteiger partial charge >= 0.3 is 0 Å². The number of nitrogens with zero attached hydrogens (tertiary/aromatic N) is 4. The number of benzene rings is 1. The summed E-state index contributed by atoms with van der Waals surface area (Å²) >= 11 is 0. The molecular weight excluding hydrogens is 298 g/mol. The second-order valence-corrected chi connectivity index (χ2v) is 6.20. The lowest BCUT2D eigenvalue weighted by molar-refractivity contribution is 0.647. The van der Waals surface area contributed by atoms with Crippen molar-refractivity contribution >= 4 is 17.3 Å². The Morgan fingerprint density at radius 1 is 0.958 bits per heavy atom. The second kappa shape index (κ2) is 8.52. The topological polar surface area (TPSA) is 44.3 Å². The van der Waals surface area contributed by atoms with E-state index in [0.717, 1.165) is 44.4 Å². The van der Waals surface area contributed by atoms with Gasteiger partial charge in [0.2, 0.25) is 0 Å². The Morgan fingerprint density at radius 2 is 1.71 bits per heavy atom. The third-order valence-electron chi connectivity index (χ3n) is 4.46. The summed E-state index contributed by atoms with van der Waals surface area (Å²) in [4.78, 5) is 13.6. The van der Waals surface area contributed by atoms with Crippen molar-refractivity contribution in [1.29, 1.82) is 0 Å². The smallest absolute Gasteiger partial charge is 0.134 e.